The van der Waals surface area contributed by atoms with E-state index in [4.69, 9.17) is 4.74 Å². The molecule has 0 bridgehead atoms. The van der Waals surface area contributed by atoms with Crippen molar-refractivity contribution in [1.29, 1.82) is 0 Å². The van der Waals surface area contributed by atoms with Gasteiger partial charge in [-0.25, -0.2) is 0 Å². The lowest BCUT2D eigenvalue weighted by Gasteiger charge is -2.20. The molecular formula is C15H22O. The first kappa shape index (κ1) is 13.0. The minimum atomic E-state index is 0.0213. The zero-order valence-electron chi connectivity index (χ0n) is 10.4. The van der Waals surface area contributed by atoms with Crippen molar-refractivity contribution in [2.75, 3.05) is 0 Å². The van der Waals surface area contributed by atoms with Crippen LogP contribution in [0.3, 0.4) is 0 Å². The zero-order valence-corrected chi connectivity index (χ0v) is 10.4. The van der Waals surface area contributed by atoms with Gasteiger partial charge in [0, 0.05) is 0 Å². The van der Waals surface area contributed by atoms with Gasteiger partial charge in [0.1, 0.15) is 6.10 Å². The summed E-state index contributed by atoms with van der Waals surface area (Å²) < 4.78 is 5.97. The van der Waals surface area contributed by atoms with E-state index >= 15 is 0 Å². The van der Waals surface area contributed by atoms with Crippen molar-refractivity contribution >= 4 is 0 Å². The summed E-state index contributed by atoms with van der Waals surface area (Å²) in [4.78, 5) is 0. The predicted molar refractivity (Wildman–Crippen MR) is 69.5 cm³/mol. The Labute approximate surface area is 99.1 Å². The summed E-state index contributed by atoms with van der Waals surface area (Å²) in [6.45, 7) is 8.18. The van der Waals surface area contributed by atoms with Crippen LogP contribution < -0.4 is 0 Å². The lowest BCUT2D eigenvalue weighted by molar-refractivity contribution is 0.0178. The third-order valence-corrected chi connectivity index (χ3v) is 2.69. The van der Waals surface area contributed by atoms with Crippen LogP contribution in [0.25, 0.3) is 0 Å². The summed E-state index contributed by atoms with van der Waals surface area (Å²) in [5, 5.41) is 0. The van der Waals surface area contributed by atoms with Gasteiger partial charge in [-0.2, -0.15) is 0 Å². The van der Waals surface area contributed by atoms with E-state index in [0.717, 1.165) is 6.42 Å². The fourth-order valence-corrected chi connectivity index (χ4v) is 1.72. The Morgan fingerprint density at radius 2 is 2.00 bits per heavy atom. The molecule has 0 N–H and O–H groups in total. The number of hydrogen-bond acceptors (Lipinski definition) is 1. The molecule has 0 aliphatic heterocycles. The van der Waals surface area contributed by atoms with Gasteiger partial charge < -0.3 is 4.74 Å². The van der Waals surface area contributed by atoms with Crippen LogP contribution in [0, 0.1) is 0 Å². The van der Waals surface area contributed by atoms with Crippen LogP contribution in [0.1, 0.15) is 44.8 Å². The fourth-order valence-electron chi connectivity index (χ4n) is 1.72. The molecule has 1 aromatic carbocycles. The molecule has 2 atom stereocenters. The molecule has 0 aromatic heterocycles. The second kappa shape index (κ2) is 7.24. The maximum atomic E-state index is 5.97. The number of rotatable bonds is 7. The SMILES string of the molecule is C=CC(OC(C)CCCC)c1ccccc1. The van der Waals surface area contributed by atoms with Gasteiger partial charge in [0.2, 0.25) is 0 Å². The Balaban J connectivity index is 2.52. The normalized spacial score (nSPS) is 14.4. The third kappa shape index (κ3) is 4.19. The average molecular weight is 218 g/mol. The van der Waals surface area contributed by atoms with E-state index in [1.54, 1.807) is 0 Å². The van der Waals surface area contributed by atoms with Crippen LogP contribution in [0.5, 0.6) is 0 Å². The van der Waals surface area contributed by atoms with Crippen molar-refractivity contribution in [3.05, 3.63) is 48.6 Å². The lowest BCUT2D eigenvalue weighted by Crippen LogP contribution is -2.12. The maximum Gasteiger partial charge on any atom is 0.101 e. The number of hydrogen-bond donors (Lipinski definition) is 0. The van der Waals surface area contributed by atoms with Gasteiger partial charge in [0.15, 0.2) is 0 Å². The molecule has 0 heterocycles. The largest absolute Gasteiger partial charge is 0.366 e. The summed E-state index contributed by atoms with van der Waals surface area (Å²) in [5.41, 5.74) is 1.18. The molecule has 0 spiro atoms. The molecule has 0 saturated carbocycles. The molecule has 16 heavy (non-hydrogen) atoms. The van der Waals surface area contributed by atoms with Crippen LogP contribution in [0.2, 0.25) is 0 Å². The molecule has 0 aliphatic rings. The third-order valence-electron chi connectivity index (χ3n) is 2.69. The maximum absolute atomic E-state index is 5.97. The Morgan fingerprint density at radius 1 is 1.31 bits per heavy atom. The van der Waals surface area contributed by atoms with Crippen molar-refractivity contribution in [2.45, 2.75) is 45.3 Å². The van der Waals surface area contributed by atoms with Crippen LogP contribution >= 0.6 is 0 Å². The molecule has 1 aromatic rings. The number of benzene rings is 1. The quantitative estimate of drug-likeness (QED) is 0.612. The molecular weight excluding hydrogens is 196 g/mol. The highest BCUT2D eigenvalue weighted by Crippen LogP contribution is 2.21. The highest BCUT2D eigenvalue weighted by atomic mass is 16.5. The highest BCUT2D eigenvalue weighted by molar-refractivity contribution is 5.20. The van der Waals surface area contributed by atoms with Gasteiger partial charge in [-0.1, -0.05) is 56.2 Å². The Kier molecular flexibility index (Phi) is 5.87. The molecule has 1 heteroatoms. The minimum absolute atomic E-state index is 0.0213. The molecule has 88 valence electrons. The summed E-state index contributed by atoms with van der Waals surface area (Å²) in [6, 6.07) is 10.2. The monoisotopic (exact) mass is 218 g/mol. The second-order valence-electron chi connectivity index (χ2n) is 4.16. The minimum Gasteiger partial charge on any atom is -0.366 e. The van der Waals surface area contributed by atoms with Gasteiger partial charge in [0.25, 0.3) is 0 Å². The molecule has 0 radical (unpaired) electrons. The zero-order chi connectivity index (χ0) is 11.8. The van der Waals surface area contributed by atoms with Crippen LogP contribution in [0.4, 0.5) is 0 Å². The average Bonchev–Trinajstić information content (AvgIpc) is 2.34. The molecule has 0 amide bonds. The van der Waals surface area contributed by atoms with Gasteiger partial charge >= 0.3 is 0 Å². The van der Waals surface area contributed by atoms with E-state index in [9.17, 15) is 0 Å². The second-order valence-corrected chi connectivity index (χ2v) is 4.16. The highest BCUT2D eigenvalue weighted by Gasteiger charge is 2.11. The molecule has 1 nitrogen and oxygen atoms in total. The molecule has 0 fully saturated rings. The first-order valence-corrected chi connectivity index (χ1v) is 6.11. The molecule has 0 saturated heterocycles. The van der Waals surface area contributed by atoms with Gasteiger partial charge in [-0.15, -0.1) is 6.58 Å². The fraction of sp³-hybridized carbons (Fsp3) is 0.467. The summed E-state index contributed by atoms with van der Waals surface area (Å²) in [7, 11) is 0. The molecule has 1 rings (SSSR count). The van der Waals surface area contributed by atoms with Crippen molar-refractivity contribution in [1.82, 2.24) is 0 Å². The van der Waals surface area contributed by atoms with Crippen molar-refractivity contribution in [3.8, 4) is 0 Å². The van der Waals surface area contributed by atoms with Gasteiger partial charge in [0.05, 0.1) is 6.10 Å². The molecule has 2 unspecified atom stereocenters. The smallest absolute Gasteiger partial charge is 0.101 e. The van der Waals surface area contributed by atoms with Gasteiger partial charge in [-0.3, -0.25) is 0 Å². The first-order valence-electron chi connectivity index (χ1n) is 6.11. The Morgan fingerprint density at radius 3 is 2.56 bits per heavy atom. The van der Waals surface area contributed by atoms with Crippen molar-refractivity contribution in [3.63, 3.8) is 0 Å². The predicted octanol–water partition coefficient (Wildman–Crippen LogP) is 4.51. The number of unbranched alkanes of at least 4 members (excludes halogenated alkanes) is 1. The van der Waals surface area contributed by atoms with Crippen molar-refractivity contribution in [2.24, 2.45) is 0 Å². The van der Waals surface area contributed by atoms with E-state index in [1.807, 2.05) is 24.3 Å². The van der Waals surface area contributed by atoms with E-state index in [-0.39, 0.29) is 6.10 Å². The first-order chi connectivity index (χ1) is 7.77. The Bertz CT molecular complexity index is 292. The Hall–Kier alpha value is -1.08. The summed E-state index contributed by atoms with van der Waals surface area (Å²) >= 11 is 0. The number of ether oxygens (including phenoxy) is 1. The van der Waals surface area contributed by atoms with Crippen LogP contribution in [-0.4, -0.2) is 6.10 Å². The topological polar surface area (TPSA) is 9.23 Å². The standard InChI is InChI=1S/C15H22O/c1-4-6-10-13(3)16-15(5-2)14-11-8-7-9-12-14/h5,7-9,11-13,15H,2,4,6,10H2,1,3H3. The van der Waals surface area contributed by atoms with E-state index in [2.05, 4.69) is 32.6 Å². The molecule has 0 aliphatic carbocycles. The van der Waals surface area contributed by atoms with E-state index in [0.29, 0.717) is 6.10 Å². The van der Waals surface area contributed by atoms with Crippen LogP contribution in [-0.2, 0) is 4.74 Å². The van der Waals surface area contributed by atoms with Crippen LogP contribution in [0.15, 0.2) is 43.0 Å². The summed E-state index contributed by atoms with van der Waals surface area (Å²) in [6.07, 6.45) is 5.75. The lowest BCUT2D eigenvalue weighted by atomic mass is 10.1. The van der Waals surface area contributed by atoms with Crippen molar-refractivity contribution < 1.29 is 4.74 Å². The van der Waals surface area contributed by atoms with Gasteiger partial charge in [-0.05, 0) is 18.9 Å². The van der Waals surface area contributed by atoms with E-state index in [1.165, 1.54) is 18.4 Å². The van der Waals surface area contributed by atoms with E-state index < -0.39 is 0 Å². The summed E-state index contributed by atoms with van der Waals surface area (Å²) in [5.74, 6) is 0.